The van der Waals surface area contributed by atoms with Crippen LogP contribution in [0.3, 0.4) is 0 Å². The second-order valence-corrected chi connectivity index (χ2v) is 6.82. The number of hydrogen-bond donors (Lipinski definition) is 2. The van der Waals surface area contributed by atoms with E-state index in [1.807, 2.05) is 12.1 Å². The number of hydrogen-bond acceptors (Lipinski definition) is 3. The predicted molar refractivity (Wildman–Crippen MR) is 133 cm³/mol. The number of halogens is 1. The molecule has 0 aromatic heterocycles. The van der Waals surface area contributed by atoms with Crippen molar-refractivity contribution >= 4 is 29.9 Å². The Morgan fingerprint density at radius 1 is 1.03 bits per heavy atom. The zero-order chi connectivity index (χ0) is 20.2. The summed E-state index contributed by atoms with van der Waals surface area (Å²) < 4.78 is 5.19. The van der Waals surface area contributed by atoms with Crippen molar-refractivity contribution in [3.05, 3.63) is 65.7 Å². The van der Waals surface area contributed by atoms with Gasteiger partial charge in [0, 0.05) is 12.6 Å². The van der Waals surface area contributed by atoms with Gasteiger partial charge in [0.15, 0.2) is 5.96 Å². The van der Waals surface area contributed by atoms with Crippen LogP contribution in [0.5, 0.6) is 5.75 Å². The van der Waals surface area contributed by atoms with Crippen LogP contribution in [-0.2, 0) is 12.8 Å². The molecule has 0 fully saturated rings. The van der Waals surface area contributed by atoms with Gasteiger partial charge >= 0.3 is 0 Å². The minimum absolute atomic E-state index is 0. The Morgan fingerprint density at radius 2 is 1.69 bits per heavy atom. The fourth-order valence-corrected chi connectivity index (χ4v) is 3.32. The van der Waals surface area contributed by atoms with E-state index in [1.54, 1.807) is 7.11 Å². The van der Waals surface area contributed by atoms with Gasteiger partial charge < -0.3 is 15.8 Å². The van der Waals surface area contributed by atoms with Gasteiger partial charge in [-0.15, -0.1) is 24.0 Å². The first-order valence-electron chi connectivity index (χ1n) is 10.1. The molecule has 0 saturated carbocycles. The largest absolute Gasteiger partial charge is 0.497 e. The van der Waals surface area contributed by atoms with Crippen molar-refractivity contribution < 1.29 is 4.74 Å². The highest BCUT2D eigenvalue weighted by molar-refractivity contribution is 14.0. The van der Waals surface area contributed by atoms with Gasteiger partial charge in [0.25, 0.3) is 0 Å². The lowest BCUT2D eigenvalue weighted by Crippen LogP contribution is -2.40. The number of benzene rings is 2. The van der Waals surface area contributed by atoms with E-state index in [4.69, 9.17) is 10.5 Å². The van der Waals surface area contributed by atoms with Crippen molar-refractivity contribution in [1.29, 1.82) is 0 Å². The maximum atomic E-state index is 6.11. The summed E-state index contributed by atoms with van der Waals surface area (Å²) in [5, 5.41) is 3.23. The van der Waals surface area contributed by atoms with E-state index in [0.717, 1.165) is 38.2 Å². The monoisotopic (exact) mass is 510 g/mol. The molecular formula is C23H35IN4O. The Morgan fingerprint density at radius 3 is 2.28 bits per heavy atom. The smallest absolute Gasteiger partial charge is 0.188 e. The number of likely N-dealkylation sites (N-methyl/N-ethyl adjacent to an activating group) is 1. The molecule has 0 aliphatic rings. The first kappa shape index (κ1) is 25.2. The predicted octanol–water partition coefficient (Wildman–Crippen LogP) is 3.71. The van der Waals surface area contributed by atoms with E-state index in [9.17, 15) is 0 Å². The van der Waals surface area contributed by atoms with Crippen LogP contribution in [0.2, 0.25) is 0 Å². The lowest BCUT2D eigenvalue weighted by molar-refractivity contribution is 0.220. The van der Waals surface area contributed by atoms with Crippen molar-refractivity contribution in [3.8, 4) is 5.75 Å². The molecule has 5 nitrogen and oxygen atoms in total. The summed E-state index contributed by atoms with van der Waals surface area (Å²) >= 11 is 0. The summed E-state index contributed by atoms with van der Waals surface area (Å²) in [6.45, 7) is 7.86. The van der Waals surface area contributed by atoms with Crippen molar-refractivity contribution in [3.63, 3.8) is 0 Å². The fraction of sp³-hybridized carbons (Fsp3) is 0.435. The molecule has 0 amide bonds. The minimum Gasteiger partial charge on any atom is -0.497 e. The van der Waals surface area contributed by atoms with Crippen LogP contribution in [0.25, 0.3) is 0 Å². The summed E-state index contributed by atoms with van der Waals surface area (Å²) in [4.78, 5) is 7.06. The van der Waals surface area contributed by atoms with E-state index in [1.165, 1.54) is 11.1 Å². The first-order valence-corrected chi connectivity index (χ1v) is 10.1. The molecule has 0 saturated heterocycles. The van der Waals surface area contributed by atoms with E-state index < -0.39 is 0 Å². The lowest BCUT2D eigenvalue weighted by Gasteiger charge is -2.28. The highest BCUT2D eigenvalue weighted by Gasteiger charge is 2.16. The second kappa shape index (κ2) is 14.2. The topological polar surface area (TPSA) is 62.9 Å². The van der Waals surface area contributed by atoms with E-state index >= 15 is 0 Å². The van der Waals surface area contributed by atoms with Crippen molar-refractivity contribution in [2.75, 3.05) is 33.3 Å². The van der Waals surface area contributed by atoms with Gasteiger partial charge in [-0.05, 0) is 49.2 Å². The van der Waals surface area contributed by atoms with Gasteiger partial charge in [-0.25, -0.2) is 0 Å². The number of methoxy groups -OCH3 is 1. The number of ether oxygens (including phenoxy) is 1. The Hall–Kier alpha value is -1.80. The van der Waals surface area contributed by atoms with Crippen LogP contribution in [0.1, 0.15) is 25.0 Å². The van der Waals surface area contributed by atoms with E-state index in [-0.39, 0.29) is 24.0 Å². The molecule has 3 N–H and O–H groups in total. The molecule has 29 heavy (non-hydrogen) atoms. The minimum atomic E-state index is 0. The zero-order valence-electron chi connectivity index (χ0n) is 17.8. The van der Waals surface area contributed by atoms with Crippen molar-refractivity contribution in [2.45, 2.75) is 32.7 Å². The SMILES string of the molecule is CCN(CC)C(CN=C(N)NCCc1ccc(OC)cc1)Cc1ccccc1.I. The second-order valence-electron chi connectivity index (χ2n) is 6.82. The maximum Gasteiger partial charge on any atom is 0.188 e. The molecule has 2 aromatic rings. The number of rotatable bonds is 11. The van der Waals surface area contributed by atoms with Crippen LogP contribution in [0, 0.1) is 0 Å². The zero-order valence-corrected chi connectivity index (χ0v) is 20.1. The molecule has 6 heteroatoms. The van der Waals surface area contributed by atoms with Crippen LogP contribution < -0.4 is 15.8 Å². The highest BCUT2D eigenvalue weighted by Crippen LogP contribution is 2.11. The summed E-state index contributed by atoms with van der Waals surface area (Å²) in [5.41, 5.74) is 8.68. The number of guanidine groups is 1. The van der Waals surface area contributed by atoms with Crippen LogP contribution in [0.4, 0.5) is 0 Å². The average molecular weight is 510 g/mol. The highest BCUT2D eigenvalue weighted by atomic mass is 127. The van der Waals surface area contributed by atoms with Gasteiger partial charge in [-0.3, -0.25) is 9.89 Å². The Kier molecular flexibility index (Phi) is 12.4. The van der Waals surface area contributed by atoms with Gasteiger partial charge in [0.1, 0.15) is 5.75 Å². The lowest BCUT2D eigenvalue weighted by atomic mass is 10.0. The van der Waals surface area contributed by atoms with Crippen LogP contribution >= 0.6 is 24.0 Å². The Labute approximate surface area is 192 Å². The van der Waals surface area contributed by atoms with Crippen molar-refractivity contribution in [2.24, 2.45) is 10.7 Å². The standard InChI is InChI=1S/C23H34N4O.HI/c1-4-27(5-2)21(17-20-9-7-6-8-10-20)18-26-23(24)25-16-15-19-11-13-22(28-3)14-12-19;/h6-14,21H,4-5,15-18H2,1-3H3,(H3,24,25,26);1H. The third kappa shape index (κ3) is 9.04. The van der Waals surface area contributed by atoms with Crippen LogP contribution in [0.15, 0.2) is 59.6 Å². The molecule has 0 aliphatic carbocycles. The quantitative estimate of drug-likeness (QED) is 0.275. The molecule has 2 rings (SSSR count). The van der Waals surface area contributed by atoms with Gasteiger partial charge in [-0.1, -0.05) is 56.3 Å². The normalized spacial score (nSPS) is 12.3. The molecule has 0 aliphatic heterocycles. The molecule has 160 valence electrons. The summed E-state index contributed by atoms with van der Waals surface area (Å²) in [6.07, 6.45) is 1.87. The fourth-order valence-electron chi connectivity index (χ4n) is 3.32. The molecular weight excluding hydrogens is 475 g/mol. The molecule has 0 spiro atoms. The number of nitrogens with one attached hydrogen (secondary N) is 1. The first-order chi connectivity index (χ1) is 13.7. The van der Waals surface area contributed by atoms with Gasteiger partial charge in [-0.2, -0.15) is 0 Å². The third-order valence-corrected chi connectivity index (χ3v) is 4.99. The maximum absolute atomic E-state index is 6.11. The Balaban J connectivity index is 0.00000420. The Bertz CT molecular complexity index is 703. The molecule has 0 heterocycles. The third-order valence-electron chi connectivity index (χ3n) is 4.99. The van der Waals surface area contributed by atoms with Crippen LogP contribution in [-0.4, -0.2) is 50.2 Å². The van der Waals surface area contributed by atoms with Gasteiger partial charge in [0.05, 0.1) is 13.7 Å². The summed E-state index contributed by atoms with van der Waals surface area (Å²) in [6, 6.07) is 19.0. The number of nitrogens with two attached hydrogens (primary N) is 1. The number of nitrogens with zero attached hydrogens (tertiary/aromatic N) is 2. The number of aliphatic imine (C=N–C) groups is 1. The molecule has 2 aromatic carbocycles. The van der Waals surface area contributed by atoms with E-state index in [0.29, 0.717) is 18.5 Å². The molecule has 0 bridgehead atoms. The molecule has 0 radical (unpaired) electrons. The summed E-state index contributed by atoms with van der Waals surface area (Å²) in [5.74, 6) is 1.39. The summed E-state index contributed by atoms with van der Waals surface area (Å²) in [7, 11) is 1.68. The van der Waals surface area contributed by atoms with Gasteiger partial charge in [0.2, 0.25) is 0 Å². The average Bonchev–Trinajstić information content (AvgIpc) is 2.74. The van der Waals surface area contributed by atoms with E-state index in [2.05, 4.69) is 71.5 Å². The van der Waals surface area contributed by atoms with Crippen molar-refractivity contribution in [1.82, 2.24) is 10.2 Å². The molecule has 1 unspecified atom stereocenters. The molecule has 1 atom stereocenters.